The number of hydrogen-bond acceptors (Lipinski definition) is 4. The Kier molecular flexibility index (Phi) is 5.14. The van der Waals surface area contributed by atoms with E-state index >= 15 is 0 Å². The molecule has 0 saturated carbocycles. The van der Waals surface area contributed by atoms with E-state index in [4.69, 9.17) is 0 Å². The predicted octanol–water partition coefficient (Wildman–Crippen LogP) is 3.39. The topological polar surface area (TPSA) is 58.2 Å². The number of hydrogen-bond donors (Lipinski definition) is 2. The molecule has 0 aliphatic carbocycles. The lowest BCUT2D eigenvalue weighted by molar-refractivity contribution is 0.607. The summed E-state index contributed by atoms with van der Waals surface area (Å²) in [5, 5.41) is 3.26. The Hall–Kier alpha value is -1.66. The summed E-state index contributed by atoms with van der Waals surface area (Å²) >= 11 is 1.70. The summed E-state index contributed by atoms with van der Waals surface area (Å²) in [5.74, 6) is 0. The van der Waals surface area contributed by atoms with Gasteiger partial charge in [-0.05, 0) is 36.1 Å². The molecule has 0 spiro atoms. The van der Waals surface area contributed by atoms with Crippen molar-refractivity contribution in [3.05, 3.63) is 54.1 Å². The van der Waals surface area contributed by atoms with Crippen molar-refractivity contribution in [2.75, 3.05) is 22.6 Å². The van der Waals surface area contributed by atoms with Gasteiger partial charge in [0.05, 0.1) is 17.6 Å². The zero-order valence-electron chi connectivity index (χ0n) is 12.0. The van der Waals surface area contributed by atoms with Crippen molar-refractivity contribution in [1.29, 1.82) is 0 Å². The molecular formula is C15H18N2O2S2. The highest BCUT2D eigenvalue weighted by molar-refractivity contribution is 7.98. The Morgan fingerprint density at radius 3 is 2.19 bits per heavy atom. The fraction of sp³-hybridized carbons (Fsp3) is 0.200. The van der Waals surface area contributed by atoms with E-state index in [2.05, 4.69) is 34.3 Å². The molecule has 112 valence electrons. The summed E-state index contributed by atoms with van der Waals surface area (Å²) < 4.78 is 25.2. The van der Waals surface area contributed by atoms with Crippen LogP contribution in [-0.4, -0.2) is 20.9 Å². The van der Waals surface area contributed by atoms with Crippen LogP contribution in [0, 0.1) is 0 Å². The first-order valence-electron chi connectivity index (χ1n) is 6.41. The van der Waals surface area contributed by atoms with Gasteiger partial charge in [-0.15, -0.1) is 11.8 Å². The first kappa shape index (κ1) is 15.7. The maximum absolute atomic E-state index is 11.4. The van der Waals surface area contributed by atoms with Crippen molar-refractivity contribution < 1.29 is 8.42 Å². The second-order valence-electron chi connectivity index (χ2n) is 4.62. The molecule has 0 radical (unpaired) electrons. The summed E-state index contributed by atoms with van der Waals surface area (Å²) in [4.78, 5) is 1.22. The molecule has 21 heavy (non-hydrogen) atoms. The van der Waals surface area contributed by atoms with Crippen molar-refractivity contribution in [2.24, 2.45) is 0 Å². The zero-order chi connectivity index (χ0) is 15.3. The van der Waals surface area contributed by atoms with E-state index in [1.165, 1.54) is 4.90 Å². The molecule has 0 saturated heterocycles. The molecule has 2 aromatic rings. The fourth-order valence-electron chi connectivity index (χ4n) is 1.87. The van der Waals surface area contributed by atoms with E-state index in [0.29, 0.717) is 12.2 Å². The second kappa shape index (κ2) is 6.87. The third-order valence-corrected chi connectivity index (χ3v) is 4.20. The molecule has 0 bridgehead atoms. The summed E-state index contributed by atoms with van der Waals surface area (Å²) in [5.41, 5.74) is 2.46. The lowest BCUT2D eigenvalue weighted by Crippen LogP contribution is -2.11. The van der Waals surface area contributed by atoms with Crippen LogP contribution in [0.1, 0.15) is 5.56 Å². The minimum atomic E-state index is -3.28. The van der Waals surface area contributed by atoms with Crippen molar-refractivity contribution in [2.45, 2.75) is 11.4 Å². The third-order valence-electron chi connectivity index (χ3n) is 2.86. The first-order valence-corrected chi connectivity index (χ1v) is 9.53. The van der Waals surface area contributed by atoms with Gasteiger partial charge in [0.2, 0.25) is 10.0 Å². The van der Waals surface area contributed by atoms with Gasteiger partial charge in [-0.2, -0.15) is 0 Å². The quantitative estimate of drug-likeness (QED) is 0.800. The van der Waals surface area contributed by atoms with Crippen LogP contribution in [0.25, 0.3) is 0 Å². The van der Waals surface area contributed by atoms with Gasteiger partial charge in [-0.1, -0.05) is 24.3 Å². The van der Waals surface area contributed by atoms with E-state index in [9.17, 15) is 8.42 Å². The molecule has 0 amide bonds. The minimum absolute atomic E-state index is 0.556. The second-order valence-corrected chi connectivity index (χ2v) is 7.25. The summed E-state index contributed by atoms with van der Waals surface area (Å²) in [6.07, 6.45) is 3.19. The van der Waals surface area contributed by atoms with Gasteiger partial charge in [0.1, 0.15) is 0 Å². The molecular weight excluding hydrogens is 304 g/mol. The largest absolute Gasteiger partial charge is 0.379 e. The summed E-state index contributed by atoms with van der Waals surface area (Å²) in [7, 11) is -3.28. The molecule has 0 aromatic heterocycles. The highest BCUT2D eigenvalue weighted by atomic mass is 32.2. The molecule has 0 fully saturated rings. The van der Waals surface area contributed by atoms with E-state index in [1.807, 2.05) is 18.4 Å². The molecule has 2 aromatic carbocycles. The highest BCUT2D eigenvalue weighted by Gasteiger charge is 2.06. The lowest BCUT2D eigenvalue weighted by atomic mass is 10.2. The first-order chi connectivity index (χ1) is 9.98. The SMILES string of the molecule is CSc1ccc(CNc2ccccc2NS(C)(=O)=O)cc1. The molecule has 0 heterocycles. The number of benzene rings is 2. The monoisotopic (exact) mass is 322 g/mol. The zero-order valence-corrected chi connectivity index (χ0v) is 13.6. The fourth-order valence-corrected chi connectivity index (χ4v) is 2.85. The van der Waals surface area contributed by atoms with Crippen molar-refractivity contribution >= 4 is 33.2 Å². The lowest BCUT2D eigenvalue weighted by Gasteiger charge is -2.13. The van der Waals surface area contributed by atoms with Crippen molar-refractivity contribution in [3.8, 4) is 0 Å². The maximum Gasteiger partial charge on any atom is 0.229 e. The van der Waals surface area contributed by atoms with Crippen LogP contribution in [0.5, 0.6) is 0 Å². The molecule has 2 rings (SSSR count). The normalized spacial score (nSPS) is 11.1. The van der Waals surface area contributed by atoms with Gasteiger partial charge in [0.15, 0.2) is 0 Å². The molecule has 0 aliphatic rings. The molecule has 0 atom stereocenters. The Morgan fingerprint density at radius 1 is 1.00 bits per heavy atom. The van der Waals surface area contributed by atoms with Crippen LogP contribution < -0.4 is 10.0 Å². The van der Waals surface area contributed by atoms with Gasteiger partial charge in [-0.25, -0.2) is 8.42 Å². The number of sulfonamides is 1. The van der Waals surface area contributed by atoms with Crippen LogP contribution in [0.2, 0.25) is 0 Å². The van der Waals surface area contributed by atoms with Crippen molar-refractivity contribution in [3.63, 3.8) is 0 Å². The van der Waals surface area contributed by atoms with E-state index < -0.39 is 10.0 Å². The highest BCUT2D eigenvalue weighted by Crippen LogP contribution is 2.23. The molecule has 6 heteroatoms. The Bertz CT molecular complexity index is 698. The van der Waals surface area contributed by atoms with E-state index in [-0.39, 0.29) is 0 Å². The Morgan fingerprint density at radius 2 is 1.62 bits per heavy atom. The van der Waals surface area contributed by atoms with Crippen LogP contribution in [0.4, 0.5) is 11.4 Å². The molecule has 0 aliphatic heterocycles. The van der Waals surface area contributed by atoms with Gasteiger partial charge in [-0.3, -0.25) is 4.72 Å². The molecule has 0 unspecified atom stereocenters. The Balaban J connectivity index is 2.08. The van der Waals surface area contributed by atoms with Crippen LogP contribution in [0.15, 0.2) is 53.4 Å². The van der Waals surface area contributed by atoms with Crippen LogP contribution in [0.3, 0.4) is 0 Å². The number of anilines is 2. The summed E-state index contributed by atoms with van der Waals surface area (Å²) in [6.45, 7) is 0.636. The maximum atomic E-state index is 11.4. The van der Waals surface area contributed by atoms with Gasteiger partial charge >= 0.3 is 0 Å². The average molecular weight is 322 g/mol. The molecule has 2 N–H and O–H groups in total. The van der Waals surface area contributed by atoms with Gasteiger partial charge in [0.25, 0.3) is 0 Å². The van der Waals surface area contributed by atoms with E-state index in [0.717, 1.165) is 17.5 Å². The van der Waals surface area contributed by atoms with Crippen molar-refractivity contribution in [1.82, 2.24) is 0 Å². The predicted molar refractivity (Wildman–Crippen MR) is 90.5 cm³/mol. The summed E-state index contributed by atoms with van der Waals surface area (Å²) in [6, 6.07) is 15.5. The van der Waals surface area contributed by atoms with E-state index in [1.54, 1.807) is 23.9 Å². The minimum Gasteiger partial charge on any atom is -0.379 e. The Labute approximate surface area is 130 Å². The van der Waals surface area contributed by atoms with Gasteiger partial charge < -0.3 is 5.32 Å². The van der Waals surface area contributed by atoms with Crippen LogP contribution >= 0.6 is 11.8 Å². The molecule has 4 nitrogen and oxygen atoms in total. The number of para-hydroxylation sites is 2. The van der Waals surface area contributed by atoms with Gasteiger partial charge in [0, 0.05) is 11.4 Å². The van der Waals surface area contributed by atoms with Crippen LogP contribution in [-0.2, 0) is 16.6 Å². The third kappa shape index (κ3) is 4.99. The number of thioether (sulfide) groups is 1. The standard InChI is InChI=1S/C15H18N2O2S2/c1-20-13-9-7-12(8-10-13)11-16-14-5-3-4-6-15(14)17-21(2,18)19/h3-10,16-17H,11H2,1-2H3. The number of nitrogens with one attached hydrogen (secondary N) is 2. The average Bonchev–Trinajstić information content (AvgIpc) is 2.45. The number of rotatable bonds is 6. The smallest absolute Gasteiger partial charge is 0.229 e.